The van der Waals surface area contributed by atoms with Crippen molar-refractivity contribution in [1.82, 2.24) is 9.97 Å². The van der Waals surface area contributed by atoms with Gasteiger partial charge in [0.25, 0.3) is 0 Å². The van der Waals surface area contributed by atoms with Crippen molar-refractivity contribution in [1.29, 1.82) is 0 Å². The highest BCUT2D eigenvalue weighted by atomic mass is 35.5. The monoisotopic (exact) mass is 289 g/mol. The molecule has 0 unspecified atom stereocenters. The summed E-state index contributed by atoms with van der Waals surface area (Å²) in [4.78, 5) is 11.1. The maximum Gasteiger partial charge on any atom is 0.161 e. The molecular formula is C15H16ClN3O. The predicted molar refractivity (Wildman–Crippen MR) is 80.2 cm³/mol. The number of rotatable bonds is 3. The summed E-state index contributed by atoms with van der Waals surface area (Å²) in [5.41, 5.74) is 4.41. The van der Waals surface area contributed by atoms with Crippen LogP contribution in [0.3, 0.4) is 0 Å². The summed E-state index contributed by atoms with van der Waals surface area (Å²) in [5.74, 6) is 0.655. The van der Waals surface area contributed by atoms with Crippen molar-refractivity contribution < 1.29 is 4.74 Å². The Balaban J connectivity index is 2.01. The third kappa shape index (κ3) is 2.49. The molecule has 0 radical (unpaired) electrons. The summed E-state index contributed by atoms with van der Waals surface area (Å²) < 4.78 is 5.11. The Hall–Kier alpha value is -1.65. The van der Waals surface area contributed by atoms with Gasteiger partial charge in [-0.2, -0.15) is 0 Å². The number of benzene rings is 1. The number of hydrogen-bond donors (Lipinski definition) is 0. The van der Waals surface area contributed by atoms with Gasteiger partial charge in [-0.3, -0.25) is 0 Å². The zero-order valence-electron chi connectivity index (χ0n) is 11.6. The first-order valence-corrected chi connectivity index (χ1v) is 6.92. The lowest BCUT2D eigenvalue weighted by Crippen LogP contribution is -2.12. The van der Waals surface area contributed by atoms with Crippen LogP contribution in [0.5, 0.6) is 0 Å². The third-order valence-corrected chi connectivity index (χ3v) is 3.70. The van der Waals surface area contributed by atoms with Crippen LogP contribution in [-0.2, 0) is 17.8 Å². The Bertz CT molecular complexity index is 645. The number of likely N-dealkylation sites (N-methyl/N-ethyl adjacent to an activating group) is 1. The van der Waals surface area contributed by atoms with Gasteiger partial charge in [-0.15, -0.1) is 0 Å². The van der Waals surface area contributed by atoms with E-state index in [9.17, 15) is 0 Å². The maximum atomic E-state index is 6.06. The van der Waals surface area contributed by atoms with Gasteiger partial charge in [-0.25, -0.2) is 9.97 Å². The van der Waals surface area contributed by atoms with Crippen molar-refractivity contribution in [3.8, 4) is 11.4 Å². The number of ether oxygens (including phenoxy) is 1. The van der Waals surface area contributed by atoms with Crippen molar-refractivity contribution in [3.63, 3.8) is 0 Å². The normalized spacial score (nSPS) is 13.7. The highest BCUT2D eigenvalue weighted by Crippen LogP contribution is 2.30. The van der Waals surface area contributed by atoms with Crippen molar-refractivity contribution in [2.24, 2.45) is 0 Å². The Labute approximate surface area is 123 Å². The Kier molecular flexibility index (Phi) is 3.59. The van der Waals surface area contributed by atoms with Gasteiger partial charge in [-0.1, -0.05) is 11.6 Å². The van der Waals surface area contributed by atoms with Gasteiger partial charge < -0.3 is 9.64 Å². The minimum Gasteiger partial charge on any atom is -0.378 e. The lowest BCUT2D eigenvalue weighted by atomic mass is 10.1. The summed E-state index contributed by atoms with van der Waals surface area (Å²) >= 11 is 6.06. The lowest BCUT2D eigenvalue weighted by Gasteiger charge is -2.12. The number of aromatic nitrogens is 2. The molecule has 0 atom stereocenters. The van der Waals surface area contributed by atoms with E-state index in [4.69, 9.17) is 16.3 Å². The number of nitrogens with zero attached hydrogens (tertiary/aromatic N) is 3. The van der Waals surface area contributed by atoms with E-state index in [1.807, 2.05) is 6.07 Å². The molecule has 4 nitrogen and oxygen atoms in total. The molecule has 1 aromatic carbocycles. The Morgan fingerprint density at radius 2 is 2.15 bits per heavy atom. The van der Waals surface area contributed by atoms with E-state index >= 15 is 0 Å². The molecule has 0 spiro atoms. The molecule has 0 aliphatic carbocycles. The fraction of sp³-hybridized carbons (Fsp3) is 0.333. The van der Waals surface area contributed by atoms with Crippen LogP contribution in [0.25, 0.3) is 11.4 Å². The second-order valence-corrected chi connectivity index (χ2v) is 5.34. The first-order valence-electron chi connectivity index (χ1n) is 6.54. The highest BCUT2D eigenvalue weighted by molar-refractivity contribution is 6.29. The number of anilines is 1. The van der Waals surface area contributed by atoms with Gasteiger partial charge in [0.05, 0.1) is 12.3 Å². The zero-order valence-corrected chi connectivity index (χ0v) is 12.3. The number of halogens is 1. The molecule has 0 bridgehead atoms. The molecule has 0 amide bonds. The van der Waals surface area contributed by atoms with Gasteiger partial charge in [0.1, 0.15) is 5.15 Å². The quantitative estimate of drug-likeness (QED) is 0.814. The summed E-state index contributed by atoms with van der Waals surface area (Å²) in [6.07, 6.45) is 1.06. The average molecular weight is 290 g/mol. The molecule has 0 N–H and O–H groups in total. The Morgan fingerprint density at radius 1 is 1.30 bits per heavy atom. The minimum atomic E-state index is 0.433. The molecule has 0 saturated heterocycles. The van der Waals surface area contributed by atoms with Crippen molar-refractivity contribution in [2.75, 3.05) is 25.6 Å². The molecule has 1 aromatic heterocycles. The molecule has 2 heterocycles. The van der Waals surface area contributed by atoms with E-state index in [-0.39, 0.29) is 0 Å². The van der Waals surface area contributed by atoms with Crippen LogP contribution in [0.1, 0.15) is 11.3 Å². The van der Waals surface area contributed by atoms with E-state index in [1.54, 1.807) is 13.2 Å². The van der Waals surface area contributed by atoms with Crippen LogP contribution in [0.15, 0.2) is 24.3 Å². The van der Waals surface area contributed by atoms with Crippen LogP contribution in [0.2, 0.25) is 5.15 Å². The van der Waals surface area contributed by atoms with Crippen molar-refractivity contribution >= 4 is 17.3 Å². The van der Waals surface area contributed by atoms with E-state index in [0.717, 1.165) is 24.2 Å². The summed E-state index contributed by atoms with van der Waals surface area (Å²) in [5, 5.41) is 0.444. The Morgan fingerprint density at radius 3 is 2.95 bits per heavy atom. The maximum absolute atomic E-state index is 6.06. The molecule has 1 aliphatic rings. The van der Waals surface area contributed by atoms with Crippen LogP contribution in [-0.4, -0.2) is 30.7 Å². The molecule has 20 heavy (non-hydrogen) atoms. The fourth-order valence-electron chi connectivity index (χ4n) is 2.52. The predicted octanol–water partition coefficient (Wildman–Crippen LogP) is 2.94. The minimum absolute atomic E-state index is 0.433. The first kappa shape index (κ1) is 13.3. The summed E-state index contributed by atoms with van der Waals surface area (Å²) in [6, 6.07) is 8.05. The molecular weight excluding hydrogens is 274 g/mol. The van der Waals surface area contributed by atoms with Crippen LogP contribution in [0.4, 0.5) is 5.69 Å². The SMILES string of the molecule is COCc1cc(Cl)nc(-c2ccc3c(c2)CCN3C)n1. The topological polar surface area (TPSA) is 38.2 Å². The largest absolute Gasteiger partial charge is 0.378 e. The van der Waals surface area contributed by atoms with Gasteiger partial charge in [0.2, 0.25) is 0 Å². The molecule has 2 aromatic rings. The van der Waals surface area contributed by atoms with Gasteiger partial charge in [0, 0.05) is 32.0 Å². The average Bonchev–Trinajstić information content (AvgIpc) is 2.80. The van der Waals surface area contributed by atoms with Crippen LogP contribution >= 0.6 is 11.6 Å². The van der Waals surface area contributed by atoms with Crippen molar-refractivity contribution in [2.45, 2.75) is 13.0 Å². The number of hydrogen-bond acceptors (Lipinski definition) is 4. The van der Waals surface area contributed by atoms with E-state index in [1.165, 1.54) is 11.3 Å². The van der Waals surface area contributed by atoms with Gasteiger partial charge >= 0.3 is 0 Å². The smallest absolute Gasteiger partial charge is 0.161 e. The molecule has 0 fully saturated rings. The van der Waals surface area contributed by atoms with Crippen LogP contribution in [0, 0.1) is 0 Å². The first-order chi connectivity index (χ1) is 9.67. The van der Waals surface area contributed by atoms with Gasteiger partial charge in [-0.05, 0) is 36.2 Å². The van der Waals surface area contributed by atoms with Crippen molar-refractivity contribution in [3.05, 3.63) is 40.7 Å². The number of fused-ring (bicyclic) bond motifs is 1. The standard InChI is InChI=1S/C15H16ClN3O/c1-19-6-5-10-7-11(3-4-13(10)19)15-17-12(9-20-2)8-14(16)18-15/h3-4,7-8H,5-6,9H2,1-2H3. The van der Waals surface area contributed by atoms with E-state index < -0.39 is 0 Å². The number of methoxy groups -OCH3 is 1. The summed E-state index contributed by atoms with van der Waals surface area (Å²) in [7, 11) is 3.75. The summed E-state index contributed by atoms with van der Waals surface area (Å²) in [6.45, 7) is 1.49. The zero-order chi connectivity index (χ0) is 14.1. The molecule has 104 valence electrons. The molecule has 5 heteroatoms. The second kappa shape index (κ2) is 5.38. The second-order valence-electron chi connectivity index (χ2n) is 4.95. The third-order valence-electron chi connectivity index (χ3n) is 3.51. The molecule has 0 saturated carbocycles. The van der Waals surface area contributed by atoms with E-state index in [2.05, 4.69) is 34.0 Å². The van der Waals surface area contributed by atoms with Gasteiger partial charge in [0.15, 0.2) is 5.82 Å². The molecule has 3 rings (SSSR count). The van der Waals surface area contributed by atoms with Crippen LogP contribution < -0.4 is 4.90 Å². The lowest BCUT2D eigenvalue weighted by molar-refractivity contribution is 0.181. The highest BCUT2D eigenvalue weighted by Gasteiger charge is 2.17. The van der Waals surface area contributed by atoms with E-state index in [0.29, 0.717) is 17.6 Å². The fourth-order valence-corrected chi connectivity index (χ4v) is 2.73. The molecule has 1 aliphatic heterocycles.